The van der Waals surface area contributed by atoms with Gasteiger partial charge in [0.25, 0.3) is 0 Å². The van der Waals surface area contributed by atoms with Crippen molar-refractivity contribution < 1.29 is 13.3 Å². The summed E-state index contributed by atoms with van der Waals surface area (Å²) in [7, 11) is 0. The molecule has 0 amide bonds. The lowest BCUT2D eigenvalue weighted by atomic mass is 10.0. The minimum absolute atomic E-state index is 0.207. The van der Waals surface area contributed by atoms with Crippen molar-refractivity contribution in [2.75, 3.05) is 5.73 Å². The van der Waals surface area contributed by atoms with Crippen LogP contribution in [0, 0.1) is 18.6 Å². The number of benzene rings is 2. The number of aromatic nitrogens is 1. The van der Waals surface area contributed by atoms with Gasteiger partial charge >= 0.3 is 0 Å². The van der Waals surface area contributed by atoms with E-state index in [1.807, 2.05) is 0 Å². The van der Waals surface area contributed by atoms with Gasteiger partial charge in [0.15, 0.2) is 11.6 Å². The van der Waals surface area contributed by atoms with Crippen molar-refractivity contribution in [1.29, 1.82) is 0 Å². The molecule has 0 radical (unpaired) electrons. The number of aryl methyl sites for hydroxylation is 1. The molecule has 21 heavy (non-hydrogen) atoms. The van der Waals surface area contributed by atoms with E-state index in [1.54, 1.807) is 31.2 Å². The lowest BCUT2D eigenvalue weighted by Crippen LogP contribution is -1.90. The van der Waals surface area contributed by atoms with Crippen molar-refractivity contribution in [2.45, 2.75) is 6.92 Å². The summed E-state index contributed by atoms with van der Waals surface area (Å²) in [6.45, 7) is 1.66. The van der Waals surface area contributed by atoms with Gasteiger partial charge in [-0.05, 0) is 48.4 Å². The zero-order valence-corrected chi connectivity index (χ0v) is 11.2. The van der Waals surface area contributed by atoms with E-state index in [-0.39, 0.29) is 17.5 Å². The molecule has 0 atom stereocenters. The lowest BCUT2D eigenvalue weighted by molar-refractivity contribution is 0.436. The summed E-state index contributed by atoms with van der Waals surface area (Å²) in [5, 5.41) is 3.76. The fourth-order valence-electron chi connectivity index (χ4n) is 2.18. The molecule has 0 saturated carbocycles. The number of halogens is 2. The molecule has 3 nitrogen and oxygen atoms in total. The van der Waals surface area contributed by atoms with E-state index in [4.69, 9.17) is 10.3 Å². The Morgan fingerprint density at radius 1 is 1.00 bits per heavy atom. The summed E-state index contributed by atoms with van der Waals surface area (Å²) >= 11 is 0. The maximum Gasteiger partial charge on any atom is 0.176 e. The first kappa shape index (κ1) is 13.3. The van der Waals surface area contributed by atoms with Crippen LogP contribution in [0.2, 0.25) is 0 Å². The molecular weight excluding hydrogens is 274 g/mol. The van der Waals surface area contributed by atoms with E-state index in [0.29, 0.717) is 28.0 Å². The number of nitrogens with two attached hydrogens (primary N) is 1. The van der Waals surface area contributed by atoms with Crippen molar-refractivity contribution in [3.05, 3.63) is 59.7 Å². The molecule has 0 saturated heterocycles. The first-order valence-corrected chi connectivity index (χ1v) is 6.34. The minimum Gasteiger partial charge on any atom is -0.380 e. The summed E-state index contributed by atoms with van der Waals surface area (Å²) in [4.78, 5) is 0. The Morgan fingerprint density at radius 3 is 2.33 bits per heavy atom. The molecule has 0 aliphatic rings. The second-order valence-electron chi connectivity index (χ2n) is 4.74. The van der Waals surface area contributed by atoms with Crippen molar-refractivity contribution in [1.82, 2.24) is 5.16 Å². The fraction of sp³-hybridized carbons (Fsp3) is 0.0625. The number of nitrogens with zero attached hydrogens (tertiary/aromatic N) is 1. The van der Waals surface area contributed by atoms with Crippen LogP contribution in [0.3, 0.4) is 0 Å². The number of rotatable bonds is 2. The maximum absolute atomic E-state index is 13.4. The van der Waals surface area contributed by atoms with E-state index in [1.165, 1.54) is 18.2 Å². The van der Waals surface area contributed by atoms with Gasteiger partial charge in [-0.3, -0.25) is 0 Å². The minimum atomic E-state index is -0.340. The van der Waals surface area contributed by atoms with Crippen LogP contribution in [0.15, 0.2) is 47.0 Å². The Kier molecular flexibility index (Phi) is 3.17. The normalized spacial score (nSPS) is 10.8. The lowest BCUT2D eigenvalue weighted by Gasteiger charge is -2.04. The second kappa shape index (κ2) is 5.01. The third-order valence-corrected chi connectivity index (χ3v) is 3.27. The Hall–Kier alpha value is -2.69. The van der Waals surface area contributed by atoms with Gasteiger partial charge in [0, 0.05) is 5.56 Å². The van der Waals surface area contributed by atoms with Crippen LogP contribution in [0.5, 0.6) is 0 Å². The number of hydrogen-bond acceptors (Lipinski definition) is 3. The summed E-state index contributed by atoms with van der Waals surface area (Å²) in [5.74, 6) is 0.00307. The third-order valence-electron chi connectivity index (χ3n) is 3.27. The summed E-state index contributed by atoms with van der Waals surface area (Å²) in [6.07, 6.45) is 0. The largest absolute Gasteiger partial charge is 0.380 e. The standard InChI is InChI=1S/C16H12F2N2O/c1-9-8-11(4-7-13(9)18)15-14(16(19)20-21-15)10-2-5-12(17)6-3-10/h2-8H,1H3,(H2,19,20). The average Bonchev–Trinajstić information content (AvgIpc) is 2.85. The monoisotopic (exact) mass is 286 g/mol. The Bertz CT molecular complexity index is 795. The van der Waals surface area contributed by atoms with Gasteiger partial charge in [-0.1, -0.05) is 17.3 Å². The molecule has 5 heteroatoms. The molecule has 0 aliphatic heterocycles. The summed E-state index contributed by atoms with van der Waals surface area (Å²) < 4.78 is 31.7. The van der Waals surface area contributed by atoms with E-state index in [0.717, 1.165) is 0 Å². The SMILES string of the molecule is Cc1cc(-c2onc(N)c2-c2ccc(F)cc2)ccc1F. The topological polar surface area (TPSA) is 52.0 Å². The molecule has 0 bridgehead atoms. The highest BCUT2D eigenvalue weighted by molar-refractivity contribution is 5.86. The molecule has 1 aromatic heterocycles. The van der Waals surface area contributed by atoms with Crippen LogP contribution >= 0.6 is 0 Å². The molecule has 0 unspecified atom stereocenters. The maximum atomic E-state index is 13.4. The molecule has 0 spiro atoms. The predicted octanol–water partition coefficient (Wildman–Crippen LogP) is 4.18. The van der Waals surface area contributed by atoms with Crippen molar-refractivity contribution in [3.63, 3.8) is 0 Å². The average molecular weight is 286 g/mol. The van der Waals surface area contributed by atoms with Gasteiger partial charge in [-0.15, -0.1) is 0 Å². The number of nitrogen functional groups attached to an aromatic ring is 1. The molecule has 0 aliphatic carbocycles. The van der Waals surface area contributed by atoms with Crippen LogP contribution < -0.4 is 5.73 Å². The first-order valence-electron chi connectivity index (χ1n) is 6.34. The predicted molar refractivity (Wildman–Crippen MR) is 76.4 cm³/mol. The molecule has 3 rings (SSSR count). The van der Waals surface area contributed by atoms with Crippen molar-refractivity contribution in [3.8, 4) is 22.5 Å². The van der Waals surface area contributed by atoms with Gasteiger partial charge in [-0.25, -0.2) is 8.78 Å². The Balaban J connectivity index is 2.16. The van der Waals surface area contributed by atoms with Crippen LogP contribution in [-0.4, -0.2) is 5.16 Å². The summed E-state index contributed by atoms with van der Waals surface area (Å²) in [5.41, 5.74) is 8.26. The molecule has 0 fully saturated rings. The van der Waals surface area contributed by atoms with Crippen molar-refractivity contribution in [2.24, 2.45) is 0 Å². The molecule has 2 N–H and O–H groups in total. The third kappa shape index (κ3) is 2.38. The van der Waals surface area contributed by atoms with Crippen molar-refractivity contribution >= 4 is 5.82 Å². The van der Waals surface area contributed by atoms with E-state index < -0.39 is 0 Å². The van der Waals surface area contributed by atoms with Crippen LogP contribution in [0.25, 0.3) is 22.5 Å². The molecule has 3 aromatic rings. The first-order chi connectivity index (χ1) is 10.1. The molecule has 1 heterocycles. The van der Waals surface area contributed by atoms with Gasteiger partial charge in [0.1, 0.15) is 11.6 Å². The smallest absolute Gasteiger partial charge is 0.176 e. The second-order valence-corrected chi connectivity index (χ2v) is 4.74. The van der Waals surface area contributed by atoms with Gasteiger partial charge in [0.05, 0.1) is 5.56 Å². The van der Waals surface area contributed by atoms with E-state index in [2.05, 4.69) is 5.16 Å². The molecular formula is C16H12F2N2O. The zero-order valence-electron chi connectivity index (χ0n) is 11.2. The van der Waals surface area contributed by atoms with Gasteiger partial charge < -0.3 is 10.3 Å². The van der Waals surface area contributed by atoms with Crippen LogP contribution in [-0.2, 0) is 0 Å². The quantitative estimate of drug-likeness (QED) is 0.769. The van der Waals surface area contributed by atoms with Gasteiger partial charge in [-0.2, -0.15) is 0 Å². The molecule has 2 aromatic carbocycles. The highest BCUT2D eigenvalue weighted by Gasteiger charge is 2.18. The fourth-order valence-corrected chi connectivity index (χ4v) is 2.18. The highest BCUT2D eigenvalue weighted by atomic mass is 19.1. The number of anilines is 1. The Labute approximate surface area is 120 Å². The number of hydrogen-bond donors (Lipinski definition) is 1. The van der Waals surface area contributed by atoms with Crippen LogP contribution in [0.1, 0.15) is 5.56 Å². The highest BCUT2D eigenvalue weighted by Crippen LogP contribution is 2.37. The zero-order chi connectivity index (χ0) is 15.0. The van der Waals surface area contributed by atoms with E-state index in [9.17, 15) is 8.78 Å². The van der Waals surface area contributed by atoms with E-state index >= 15 is 0 Å². The Morgan fingerprint density at radius 2 is 1.67 bits per heavy atom. The van der Waals surface area contributed by atoms with Crippen LogP contribution in [0.4, 0.5) is 14.6 Å². The van der Waals surface area contributed by atoms with Gasteiger partial charge in [0.2, 0.25) is 0 Å². The summed E-state index contributed by atoms with van der Waals surface area (Å²) in [6, 6.07) is 10.5. The molecule has 106 valence electrons.